The zero-order chi connectivity index (χ0) is 22.9. The molecule has 1 amide bonds. The molecular weight excluding hydrogens is 430 g/mol. The lowest BCUT2D eigenvalue weighted by Gasteiger charge is -2.29. The lowest BCUT2D eigenvalue weighted by atomic mass is 10.1. The first-order valence-corrected chi connectivity index (χ1v) is 10.8. The first-order chi connectivity index (χ1) is 16.0. The summed E-state index contributed by atoms with van der Waals surface area (Å²) in [6.07, 6.45) is 6.21. The highest BCUT2D eigenvalue weighted by Crippen LogP contribution is 2.29. The van der Waals surface area contributed by atoms with Gasteiger partial charge < -0.3 is 20.5 Å². The van der Waals surface area contributed by atoms with Crippen molar-refractivity contribution >= 4 is 28.4 Å². The molecule has 0 saturated carbocycles. The van der Waals surface area contributed by atoms with Crippen molar-refractivity contribution in [2.45, 2.75) is 25.3 Å². The summed E-state index contributed by atoms with van der Waals surface area (Å²) < 4.78 is 26.5. The molecule has 3 N–H and O–H groups in total. The Morgan fingerprint density at radius 1 is 1.30 bits per heavy atom. The molecule has 0 aromatic carbocycles. The van der Waals surface area contributed by atoms with Crippen LogP contribution >= 0.6 is 0 Å². The summed E-state index contributed by atoms with van der Waals surface area (Å²) in [6, 6.07) is 4.03. The molecule has 1 saturated heterocycles. The predicted molar refractivity (Wildman–Crippen MR) is 121 cm³/mol. The van der Waals surface area contributed by atoms with Gasteiger partial charge in [-0.05, 0) is 50.7 Å². The van der Waals surface area contributed by atoms with E-state index in [-0.39, 0.29) is 5.56 Å². The van der Waals surface area contributed by atoms with Gasteiger partial charge in [0.1, 0.15) is 5.65 Å². The Balaban J connectivity index is 1.41. The van der Waals surface area contributed by atoms with E-state index in [2.05, 4.69) is 42.6 Å². The number of aromatic nitrogens is 5. The molecule has 11 heteroatoms. The maximum Gasteiger partial charge on any atom is 0.255 e. The Morgan fingerprint density at radius 2 is 2.12 bits per heavy atom. The largest absolute Gasteiger partial charge is 0.351 e. The summed E-state index contributed by atoms with van der Waals surface area (Å²) in [4.78, 5) is 27.0. The van der Waals surface area contributed by atoms with Gasteiger partial charge in [0, 0.05) is 35.6 Å². The molecule has 5 heterocycles. The molecule has 5 rings (SSSR count). The lowest BCUT2D eigenvalue weighted by molar-refractivity contribution is 0.0893. The number of piperidine rings is 1. The molecule has 4 aromatic rings. The molecule has 0 bridgehead atoms. The molecule has 0 aliphatic carbocycles. The number of nitrogens with zero attached hydrogens (tertiary/aromatic N) is 5. The molecule has 1 fully saturated rings. The Morgan fingerprint density at radius 3 is 2.91 bits per heavy atom. The van der Waals surface area contributed by atoms with Gasteiger partial charge in [-0.25, -0.2) is 18.3 Å². The van der Waals surface area contributed by atoms with Crippen LogP contribution in [-0.2, 0) is 0 Å². The summed E-state index contributed by atoms with van der Waals surface area (Å²) in [6.45, 7) is 1.39. The van der Waals surface area contributed by atoms with Crippen LogP contribution in [0, 0.1) is 0 Å². The third kappa shape index (κ3) is 4.36. The Hall–Kier alpha value is -3.60. The van der Waals surface area contributed by atoms with Crippen molar-refractivity contribution in [3.8, 4) is 11.1 Å². The highest BCUT2D eigenvalue weighted by atomic mass is 19.3. The molecule has 172 valence electrons. The second kappa shape index (κ2) is 8.74. The molecule has 9 nitrogen and oxygen atoms in total. The first kappa shape index (κ1) is 21.3. The standard InChI is InChI=1S/C22H24F2N8O/c1-31-5-3-14(4-6-31)29-22-27-10-16-15(9-25-20(16)30-22)13-2-7-32-18(8-13)17(11-28-32)21(33)26-12-19(23)24/h2,7-11,14,19H,3-6,12H2,1H3,(H,26,33)(H2,25,27,29,30). The van der Waals surface area contributed by atoms with Crippen LogP contribution in [0.25, 0.3) is 27.7 Å². The number of halogens is 2. The Bertz CT molecular complexity index is 1290. The number of hydrogen-bond acceptors (Lipinski definition) is 6. The molecule has 0 radical (unpaired) electrons. The van der Waals surface area contributed by atoms with Crippen molar-refractivity contribution in [2.24, 2.45) is 0 Å². The van der Waals surface area contributed by atoms with Gasteiger partial charge in [-0.2, -0.15) is 10.1 Å². The Kier molecular flexibility index (Phi) is 5.63. The molecule has 4 aromatic heterocycles. The van der Waals surface area contributed by atoms with Crippen molar-refractivity contribution in [3.63, 3.8) is 0 Å². The molecule has 33 heavy (non-hydrogen) atoms. The minimum atomic E-state index is -2.61. The topological polar surface area (TPSA) is 103 Å². The van der Waals surface area contributed by atoms with Gasteiger partial charge in [-0.15, -0.1) is 0 Å². The molecule has 0 spiro atoms. The third-order valence-electron chi connectivity index (χ3n) is 5.98. The number of pyridine rings is 1. The summed E-state index contributed by atoms with van der Waals surface area (Å²) in [5.41, 5.74) is 3.17. The minimum Gasteiger partial charge on any atom is -0.351 e. The quantitative estimate of drug-likeness (QED) is 0.414. The minimum absolute atomic E-state index is 0.234. The number of likely N-dealkylation sites (tertiary alicyclic amines) is 1. The van der Waals surface area contributed by atoms with E-state index in [0.29, 0.717) is 23.2 Å². The second-order valence-electron chi connectivity index (χ2n) is 8.28. The number of aromatic amines is 1. The zero-order valence-corrected chi connectivity index (χ0v) is 18.1. The summed E-state index contributed by atoms with van der Waals surface area (Å²) in [5, 5.41) is 10.6. The van der Waals surface area contributed by atoms with Crippen molar-refractivity contribution in [1.82, 2.24) is 34.8 Å². The van der Waals surface area contributed by atoms with Gasteiger partial charge in [0.05, 0.1) is 23.8 Å². The summed E-state index contributed by atoms with van der Waals surface area (Å²) >= 11 is 0. The SMILES string of the molecule is CN1CCC(Nc2ncc3c(-c4ccn5ncc(C(=O)NCC(F)F)c5c4)c[nH]c3n2)CC1. The normalized spacial score (nSPS) is 15.5. The lowest BCUT2D eigenvalue weighted by Crippen LogP contribution is -2.37. The maximum absolute atomic E-state index is 12.5. The number of nitrogens with one attached hydrogen (secondary N) is 3. The number of hydrogen-bond donors (Lipinski definition) is 3. The monoisotopic (exact) mass is 454 g/mol. The summed E-state index contributed by atoms with van der Waals surface area (Å²) in [7, 11) is 2.12. The average molecular weight is 454 g/mol. The van der Waals surface area contributed by atoms with Gasteiger partial charge in [0.2, 0.25) is 5.95 Å². The van der Waals surface area contributed by atoms with Crippen LogP contribution in [0.2, 0.25) is 0 Å². The van der Waals surface area contributed by atoms with Crippen LogP contribution in [0.3, 0.4) is 0 Å². The van der Waals surface area contributed by atoms with Gasteiger partial charge >= 0.3 is 0 Å². The number of anilines is 1. The number of amides is 1. The second-order valence-corrected chi connectivity index (χ2v) is 8.28. The van der Waals surface area contributed by atoms with E-state index in [1.807, 2.05) is 12.3 Å². The third-order valence-corrected chi connectivity index (χ3v) is 5.98. The van der Waals surface area contributed by atoms with E-state index >= 15 is 0 Å². The maximum atomic E-state index is 12.5. The molecule has 0 unspecified atom stereocenters. The van der Waals surface area contributed by atoms with Crippen molar-refractivity contribution in [3.05, 3.63) is 42.5 Å². The van der Waals surface area contributed by atoms with Crippen LogP contribution < -0.4 is 10.6 Å². The fourth-order valence-corrected chi connectivity index (χ4v) is 4.14. The average Bonchev–Trinajstić information content (AvgIpc) is 3.42. The number of rotatable bonds is 6. The highest BCUT2D eigenvalue weighted by Gasteiger charge is 2.19. The van der Waals surface area contributed by atoms with Crippen LogP contribution in [0.5, 0.6) is 0 Å². The molecular formula is C22H24F2N8O. The predicted octanol–water partition coefficient (Wildman–Crippen LogP) is 2.77. The fourth-order valence-electron chi connectivity index (χ4n) is 4.14. The van der Waals surface area contributed by atoms with E-state index in [1.165, 1.54) is 10.7 Å². The van der Waals surface area contributed by atoms with E-state index in [0.717, 1.165) is 42.4 Å². The fraction of sp³-hybridized carbons (Fsp3) is 0.364. The van der Waals surface area contributed by atoms with E-state index < -0.39 is 18.9 Å². The van der Waals surface area contributed by atoms with Gasteiger partial charge in [-0.3, -0.25) is 4.79 Å². The smallest absolute Gasteiger partial charge is 0.255 e. The van der Waals surface area contributed by atoms with Crippen molar-refractivity contribution in [2.75, 3.05) is 32.0 Å². The van der Waals surface area contributed by atoms with E-state index in [9.17, 15) is 13.6 Å². The molecule has 1 aliphatic rings. The van der Waals surface area contributed by atoms with Crippen LogP contribution in [0.15, 0.2) is 36.9 Å². The van der Waals surface area contributed by atoms with Crippen LogP contribution in [-0.4, -0.2) is 74.5 Å². The molecule has 1 aliphatic heterocycles. The first-order valence-electron chi connectivity index (χ1n) is 10.8. The van der Waals surface area contributed by atoms with Crippen molar-refractivity contribution < 1.29 is 13.6 Å². The summed E-state index contributed by atoms with van der Waals surface area (Å²) in [5.74, 6) is 0.00372. The van der Waals surface area contributed by atoms with Crippen LogP contribution in [0.4, 0.5) is 14.7 Å². The number of carbonyl (C=O) groups excluding carboxylic acids is 1. The highest BCUT2D eigenvalue weighted by molar-refractivity contribution is 6.02. The number of alkyl halides is 2. The van der Waals surface area contributed by atoms with Gasteiger partial charge in [0.25, 0.3) is 12.3 Å². The number of H-pyrrole nitrogens is 1. The van der Waals surface area contributed by atoms with Gasteiger partial charge in [-0.1, -0.05) is 0 Å². The Labute approximate surface area is 188 Å². The van der Waals surface area contributed by atoms with E-state index in [1.54, 1.807) is 18.5 Å². The van der Waals surface area contributed by atoms with Gasteiger partial charge in [0.15, 0.2) is 0 Å². The zero-order valence-electron chi connectivity index (χ0n) is 18.1. The number of fused-ring (bicyclic) bond motifs is 2. The van der Waals surface area contributed by atoms with Crippen molar-refractivity contribution in [1.29, 1.82) is 0 Å². The molecule has 0 atom stereocenters. The number of carbonyl (C=O) groups is 1. The van der Waals surface area contributed by atoms with Crippen LogP contribution in [0.1, 0.15) is 23.2 Å². The van der Waals surface area contributed by atoms with E-state index in [4.69, 9.17) is 0 Å².